The Morgan fingerprint density at radius 2 is 1.25 bits per heavy atom. The van der Waals surface area contributed by atoms with Gasteiger partial charge in [-0.05, 0) is 24.0 Å². The second-order valence-corrected chi connectivity index (χ2v) is 2.65. The molecule has 0 heterocycles. The van der Waals surface area contributed by atoms with Gasteiger partial charge < -0.3 is 0 Å². The molecule has 1 aliphatic rings. The maximum absolute atomic E-state index is 2.24. The number of fused-ring (bicyclic) bond motifs is 1. The Balaban J connectivity index is 0.000000336. The first-order chi connectivity index (χ1) is 5.97. The summed E-state index contributed by atoms with van der Waals surface area (Å²) in [5.74, 6) is 0. The van der Waals surface area contributed by atoms with Crippen LogP contribution in [-0.4, -0.2) is 0 Å². The summed E-state index contributed by atoms with van der Waals surface area (Å²) < 4.78 is 0. The predicted molar refractivity (Wildman–Crippen MR) is 54.3 cm³/mol. The Kier molecular flexibility index (Phi) is 3.59. The highest BCUT2D eigenvalue weighted by Gasteiger charge is 2.00. The van der Waals surface area contributed by atoms with E-state index in [4.69, 9.17) is 0 Å². The van der Waals surface area contributed by atoms with E-state index >= 15 is 0 Å². The molecule has 0 radical (unpaired) electrons. The second-order valence-electron chi connectivity index (χ2n) is 2.65. The van der Waals surface area contributed by atoms with Crippen LogP contribution in [0, 0.1) is 0 Å². The van der Waals surface area contributed by atoms with E-state index in [0.29, 0.717) is 0 Å². The number of hydrogen-bond acceptors (Lipinski definition) is 0. The molecule has 0 heteroatoms. The van der Waals surface area contributed by atoms with E-state index in [1.807, 2.05) is 13.8 Å². The topological polar surface area (TPSA) is 0 Å². The van der Waals surface area contributed by atoms with Crippen molar-refractivity contribution in [1.29, 1.82) is 0 Å². The quantitative estimate of drug-likeness (QED) is 0.510. The van der Waals surface area contributed by atoms with E-state index in [9.17, 15) is 0 Å². The van der Waals surface area contributed by atoms with E-state index in [1.165, 1.54) is 11.1 Å². The molecule has 2 rings (SSSR count). The molecule has 0 amide bonds. The molecule has 0 fully saturated rings. The van der Waals surface area contributed by atoms with Crippen LogP contribution in [0.1, 0.15) is 25.0 Å². The Bertz CT molecular complexity index is 231. The van der Waals surface area contributed by atoms with Crippen LogP contribution in [0.2, 0.25) is 0 Å². The predicted octanol–water partition coefficient (Wildman–Crippen LogP) is 3.37. The fourth-order valence-corrected chi connectivity index (χ4v) is 1.38. The summed E-state index contributed by atoms with van der Waals surface area (Å²) >= 11 is 0. The highest BCUT2D eigenvalue weighted by Crippen LogP contribution is 2.14. The van der Waals surface area contributed by atoms with Gasteiger partial charge in [0.2, 0.25) is 0 Å². The average molecular weight is 160 g/mol. The van der Waals surface area contributed by atoms with E-state index in [0.717, 1.165) is 12.8 Å². The third kappa shape index (κ3) is 1.97. The summed E-state index contributed by atoms with van der Waals surface area (Å²) in [6.07, 6.45) is 6.72. The first kappa shape index (κ1) is 9.05. The molecular weight excluding hydrogens is 144 g/mol. The smallest absolute Gasteiger partial charge is 0.00945 e. The van der Waals surface area contributed by atoms with Crippen molar-refractivity contribution in [2.45, 2.75) is 26.7 Å². The van der Waals surface area contributed by atoms with Crippen molar-refractivity contribution in [3.05, 3.63) is 47.5 Å². The van der Waals surface area contributed by atoms with Gasteiger partial charge in [-0.3, -0.25) is 0 Å². The molecule has 0 N–H and O–H groups in total. The SMILES string of the molecule is C1=CCc2ccccc2C1.CC. The zero-order valence-electron chi connectivity index (χ0n) is 7.88. The maximum Gasteiger partial charge on any atom is -0.00945 e. The van der Waals surface area contributed by atoms with Crippen molar-refractivity contribution in [2.24, 2.45) is 0 Å². The fraction of sp³-hybridized carbons (Fsp3) is 0.333. The molecule has 0 saturated heterocycles. The van der Waals surface area contributed by atoms with Crippen molar-refractivity contribution in [1.82, 2.24) is 0 Å². The molecule has 0 saturated carbocycles. The standard InChI is InChI=1S/C10H10.C2H6/c1-2-6-10-8-4-3-7-9(10)5-1;1-2/h1-6H,7-8H2;1-2H3. The van der Waals surface area contributed by atoms with Crippen molar-refractivity contribution in [3.8, 4) is 0 Å². The summed E-state index contributed by atoms with van der Waals surface area (Å²) in [5, 5.41) is 0. The van der Waals surface area contributed by atoms with Crippen LogP contribution >= 0.6 is 0 Å². The van der Waals surface area contributed by atoms with Crippen molar-refractivity contribution >= 4 is 0 Å². The van der Waals surface area contributed by atoms with Crippen molar-refractivity contribution < 1.29 is 0 Å². The first-order valence-corrected chi connectivity index (χ1v) is 4.68. The summed E-state index contributed by atoms with van der Waals surface area (Å²) in [4.78, 5) is 0. The third-order valence-electron chi connectivity index (χ3n) is 1.96. The average Bonchev–Trinajstić information content (AvgIpc) is 2.21. The zero-order chi connectivity index (χ0) is 8.81. The molecule has 1 aromatic rings. The second kappa shape index (κ2) is 4.76. The number of rotatable bonds is 0. The lowest BCUT2D eigenvalue weighted by Gasteiger charge is -2.08. The Morgan fingerprint density at radius 3 is 1.67 bits per heavy atom. The van der Waals surface area contributed by atoms with Gasteiger partial charge in [-0.2, -0.15) is 0 Å². The van der Waals surface area contributed by atoms with Gasteiger partial charge in [-0.25, -0.2) is 0 Å². The fourth-order valence-electron chi connectivity index (χ4n) is 1.38. The monoisotopic (exact) mass is 160 g/mol. The Labute approximate surface area is 74.9 Å². The molecule has 1 aliphatic carbocycles. The lowest BCUT2D eigenvalue weighted by molar-refractivity contribution is 1.09. The molecule has 1 aromatic carbocycles. The van der Waals surface area contributed by atoms with Gasteiger partial charge in [0.05, 0.1) is 0 Å². The van der Waals surface area contributed by atoms with Gasteiger partial charge in [0.25, 0.3) is 0 Å². The lowest BCUT2D eigenvalue weighted by atomic mass is 9.97. The van der Waals surface area contributed by atoms with Crippen LogP contribution in [0.3, 0.4) is 0 Å². The molecular formula is C12H16. The molecule has 0 nitrogen and oxygen atoms in total. The molecule has 12 heavy (non-hydrogen) atoms. The Morgan fingerprint density at radius 1 is 0.833 bits per heavy atom. The minimum atomic E-state index is 1.12. The van der Waals surface area contributed by atoms with E-state index in [2.05, 4.69) is 36.4 Å². The Hall–Kier alpha value is -1.04. The van der Waals surface area contributed by atoms with Gasteiger partial charge in [-0.15, -0.1) is 0 Å². The molecule has 0 spiro atoms. The van der Waals surface area contributed by atoms with E-state index < -0.39 is 0 Å². The van der Waals surface area contributed by atoms with Crippen LogP contribution in [0.4, 0.5) is 0 Å². The molecule has 0 unspecified atom stereocenters. The number of benzene rings is 1. The number of hydrogen-bond donors (Lipinski definition) is 0. The first-order valence-electron chi connectivity index (χ1n) is 4.68. The zero-order valence-corrected chi connectivity index (χ0v) is 7.88. The third-order valence-corrected chi connectivity index (χ3v) is 1.96. The summed E-state index contributed by atoms with van der Waals surface area (Å²) in [6.45, 7) is 4.00. The number of allylic oxidation sites excluding steroid dienone is 2. The minimum absolute atomic E-state index is 1.12. The van der Waals surface area contributed by atoms with E-state index in [1.54, 1.807) is 0 Å². The molecule has 0 aliphatic heterocycles. The molecule has 0 aromatic heterocycles. The summed E-state index contributed by atoms with van der Waals surface area (Å²) in [6, 6.07) is 8.63. The maximum atomic E-state index is 2.24. The van der Waals surface area contributed by atoms with Crippen molar-refractivity contribution in [2.75, 3.05) is 0 Å². The lowest BCUT2D eigenvalue weighted by Crippen LogP contribution is -1.95. The van der Waals surface area contributed by atoms with Crippen LogP contribution in [0.5, 0.6) is 0 Å². The van der Waals surface area contributed by atoms with Crippen LogP contribution < -0.4 is 0 Å². The van der Waals surface area contributed by atoms with Crippen molar-refractivity contribution in [3.63, 3.8) is 0 Å². The van der Waals surface area contributed by atoms with Gasteiger partial charge in [0, 0.05) is 0 Å². The van der Waals surface area contributed by atoms with Gasteiger partial charge in [0.15, 0.2) is 0 Å². The normalized spacial score (nSPS) is 12.8. The molecule has 0 bridgehead atoms. The summed E-state index contributed by atoms with van der Waals surface area (Å²) in [5.41, 5.74) is 2.98. The highest BCUT2D eigenvalue weighted by molar-refractivity contribution is 5.33. The summed E-state index contributed by atoms with van der Waals surface area (Å²) in [7, 11) is 0. The highest BCUT2D eigenvalue weighted by atomic mass is 14.1. The van der Waals surface area contributed by atoms with E-state index in [-0.39, 0.29) is 0 Å². The molecule has 0 atom stereocenters. The van der Waals surface area contributed by atoms with Gasteiger partial charge in [-0.1, -0.05) is 50.3 Å². The van der Waals surface area contributed by atoms with Crippen LogP contribution in [-0.2, 0) is 12.8 Å². The molecule has 64 valence electrons. The van der Waals surface area contributed by atoms with Gasteiger partial charge >= 0.3 is 0 Å². The van der Waals surface area contributed by atoms with Crippen LogP contribution in [0.25, 0.3) is 0 Å². The minimum Gasteiger partial charge on any atom is -0.0838 e. The van der Waals surface area contributed by atoms with Gasteiger partial charge in [0.1, 0.15) is 0 Å². The largest absolute Gasteiger partial charge is 0.0838 e. The van der Waals surface area contributed by atoms with Crippen LogP contribution in [0.15, 0.2) is 36.4 Å².